The van der Waals surface area contributed by atoms with Crippen molar-refractivity contribution in [3.8, 4) is 11.5 Å². The lowest BCUT2D eigenvalue weighted by atomic mass is 10.2. The van der Waals surface area contributed by atoms with E-state index in [1.807, 2.05) is 0 Å². The number of carbonyl (C=O) groups excluding carboxylic acids is 1. The number of carbonyl (C=O) groups is 1. The molecular weight excluding hydrogens is 210 g/mol. The Balaban J connectivity index is 2.58. The van der Waals surface area contributed by atoms with Crippen LogP contribution in [-0.2, 0) is 4.74 Å². The summed E-state index contributed by atoms with van der Waals surface area (Å²) in [6, 6.07) is 3.82. The summed E-state index contributed by atoms with van der Waals surface area (Å²) in [6.07, 6.45) is 0.541. The topological polar surface area (TPSA) is 55.8 Å². The summed E-state index contributed by atoms with van der Waals surface area (Å²) in [5, 5.41) is 9.26. The van der Waals surface area contributed by atoms with Gasteiger partial charge in [0.15, 0.2) is 18.3 Å². The van der Waals surface area contributed by atoms with Gasteiger partial charge in [0.1, 0.15) is 6.29 Å². The highest BCUT2D eigenvalue weighted by molar-refractivity contribution is 5.76. The minimum absolute atomic E-state index is 0.0266. The van der Waals surface area contributed by atoms with Gasteiger partial charge in [-0.25, -0.2) is 0 Å². The number of hydrogen-bond acceptors (Lipinski definition) is 4. The third kappa shape index (κ3) is 3.51. The van der Waals surface area contributed by atoms with Crippen molar-refractivity contribution in [1.29, 1.82) is 0 Å². The number of hydrogen-bond donors (Lipinski definition) is 1. The van der Waals surface area contributed by atoms with Crippen molar-refractivity contribution < 1.29 is 28.2 Å². The summed E-state index contributed by atoms with van der Waals surface area (Å²) < 4.78 is 31.6. The van der Waals surface area contributed by atoms with E-state index in [1.54, 1.807) is 0 Å². The molecule has 0 amide bonds. The fraction of sp³-hybridized carbons (Fsp3) is 0.222. The third-order valence-corrected chi connectivity index (χ3v) is 1.53. The van der Waals surface area contributed by atoms with E-state index >= 15 is 0 Å². The zero-order valence-corrected chi connectivity index (χ0v) is 7.52. The molecule has 0 fully saturated rings. The van der Waals surface area contributed by atoms with Crippen molar-refractivity contribution in [3.63, 3.8) is 0 Å². The summed E-state index contributed by atoms with van der Waals surface area (Å²) in [6.45, 7) is -3.60. The van der Waals surface area contributed by atoms with Gasteiger partial charge in [-0.05, 0) is 18.2 Å². The second-order valence-corrected chi connectivity index (χ2v) is 2.53. The summed E-state index contributed by atoms with van der Waals surface area (Å²) in [5.74, 6) is -0.335. The van der Waals surface area contributed by atoms with Crippen molar-refractivity contribution in [2.45, 2.75) is 6.61 Å². The van der Waals surface area contributed by atoms with Gasteiger partial charge in [0.2, 0.25) is 0 Å². The number of phenolic OH excluding ortho intramolecular Hbond substituents is 1. The number of benzene rings is 1. The van der Waals surface area contributed by atoms with E-state index in [2.05, 4.69) is 9.47 Å². The Bertz CT molecular complexity index is 341. The average Bonchev–Trinajstić information content (AvgIpc) is 2.20. The van der Waals surface area contributed by atoms with Crippen LogP contribution in [0, 0.1) is 0 Å². The molecule has 0 unspecified atom stereocenters. The molecule has 0 bridgehead atoms. The first-order valence-corrected chi connectivity index (χ1v) is 3.94. The number of rotatable bonds is 5. The van der Waals surface area contributed by atoms with Gasteiger partial charge in [-0.3, -0.25) is 9.53 Å². The first-order valence-electron chi connectivity index (χ1n) is 3.94. The van der Waals surface area contributed by atoms with Crippen molar-refractivity contribution in [1.82, 2.24) is 0 Å². The molecule has 1 aromatic rings. The Labute approximate surface area is 84.0 Å². The normalized spacial score (nSPS) is 10.3. The molecule has 0 spiro atoms. The maximum absolute atomic E-state index is 11.5. The van der Waals surface area contributed by atoms with Crippen molar-refractivity contribution >= 4 is 6.29 Å². The number of aromatic hydroxyl groups is 1. The lowest BCUT2D eigenvalue weighted by Crippen LogP contribution is -2.07. The van der Waals surface area contributed by atoms with Gasteiger partial charge < -0.3 is 9.84 Å². The van der Waals surface area contributed by atoms with Crippen LogP contribution in [0.25, 0.3) is 0 Å². The molecule has 82 valence electrons. The van der Waals surface area contributed by atoms with Crippen LogP contribution >= 0.6 is 0 Å². The molecule has 0 atom stereocenters. The van der Waals surface area contributed by atoms with E-state index in [0.717, 1.165) is 6.07 Å². The second-order valence-electron chi connectivity index (χ2n) is 2.53. The van der Waals surface area contributed by atoms with Gasteiger partial charge in [0.05, 0.1) is 0 Å². The molecule has 0 saturated carbocycles. The largest absolute Gasteiger partial charge is 0.504 e. The first-order chi connectivity index (χ1) is 7.13. The van der Waals surface area contributed by atoms with Crippen LogP contribution in [0.1, 0.15) is 10.4 Å². The molecule has 0 aromatic heterocycles. The van der Waals surface area contributed by atoms with Crippen molar-refractivity contribution in [3.05, 3.63) is 23.8 Å². The van der Waals surface area contributed by atoms with E-state index in [4.69, 9.17) is 0 Å². The minimum atomic E-state index is -2.93. The Morgan fingerprint density at radius 1 is 1.47 bits per heavy atom. The molecule has 6 heteroatoms. The van der Waals surface area contributed by atoms with Crippen molar-refractivity contribution in [2.75, 3.05) is 6.79 Å². The summed E-state index contributed by atoms with van der Waals surface area (Å²) in [5.41, 5.74) is 0.259. The molecule has 15 heavy (non-hydrogen) atoms. The molecule has 0 radical (unpaired) electrons. The molecule has 0 saturated heterocycles. The van der Waals surface area contributed by atoms with Crippen LogP contribution in [0.4, 0.5) is 8.78 Å². The van der Waals surface area contributed by atoms with Crippen LogP contribution < -0.4 is 4.74 Å². The fourth-order valence-corrected chi connectivity index (χ4v) is 0.879. The van der Waals surface area contributed by atoms with E-state index < -0.39 is 13.4 Å². The molecule has 1 rings (SSSR count). The average molecular weight is 218 g/mol. The highest BCUT2D eigenvalue weighted by Gasteiger charge is 2.05. The predicted octanol–water partition coefficient (Wildman–Crippen LogP) is 1.78. The highest BCUT2D eigenvalue weighted by Crippen LogP contribution is 2.26. The Morgan fingerprint density at radius 3 is 2.73 bits per heavy atom. The maximum Gasteiger partial charge on any atom is 0.348 e. The molecular formula is C9H8F2O4. The van der Waals surface area contributed by atoms with Gasteiger partial charge in [-0.1, -0.05) is 0 Å². The lowest BCUT2D eigenvalue weighted by Gasteiger charge is -2.07. The molecule has 1 aromatic carbocycles. The molecule has 0 aliphatic carbocycles. The van der Waals surface area contributed by atoms with Gasteiger partial charge in [-0.15, -0.1) is 0 Å². The van der Waals surface area contributed by atoms with Crippen molar-refractivity contribution in [2.24, 2.45) is 0 Å². The predicted molar refractivity (Wildman–Crippen MR) is 46.1 cm³/mol. The van der Waals surface area contributed by atoms with E-state index in [-0.39, 0.29) is 17.1 Å². The molecule has 4 nitrogen and oxygen atoms in total. The zero-order valence-electron chi connectivity index (χ0n) is 7.52. The monoisotopic (exact) mass is 218 g/mol. The Hall–Kier alpha value is -1.69. The van der Waals surface area contributed by atoms with E-state index in [0.29, 0.717) is 6.29 Å². The van der Waals surface area contributed by atoms with Gasteiger partial charge >= 0.3 is 6.61 Å². The maximum atomic E-state index is 11.5. The Morgan fingerprint density at radius 2 is 2.20 bits per heavy atom. The quantitative estimate of drug-likeness (QED) is 0.604. The SMILES string of the molecule is O=Cc1ccc(OCOC(F)F)c(O)c1. The van der Waals surface area contributed by atoms with Crippen LogP contribution in [0.3, 0.4) is 0 Å². The highest BCUT2D eigenvalue weighted by atomic mass is 19.3. The second kappa shape index (κ2) is 5.26. The van der Waals surface area contributed by atoms with Gasteiger partial charge in [-0.2, -0.15) is 8.78 Å². The lowest BCUT2D eigenvalue weighted by molar-refractivity contribution is -0.167. The van der Waals surface area contributed by atoms with Gasteiger partial charge in [0, 0.05) is 5.56 Å². The standard InChI is InChI=1S/C9H8F2O4/c10-9(11)15-5-14-8-2-1-6(4-12)3-7(8)13/h1-4,9,13H,5H2. The fourth-order valence-electron chi connectivity index (χ4n) is 0.879. The molecule has 0 heterocycles. The number of ether oxygens (including phenoxy) is 2. The van der Waals surface area contributed by atoms with Gasteiger partial charge in [0.25, 0.3) is 0 Å². The van der Waals surface area contributed by atoms with Crippen LogP contribution in [0.15, 0.2) is 18.2 Å². The number of aldehydes is 1. The molecule has 0 aliphatic heterocycles. The van der Waals surface area contributed by atoms with E-state index in [9.17, 15) is 18.7 Å². The number of halogens is 2. The van der Waals surface area contributed by atoms with Crippen LogP contribution in [-0.4, -0.2) is 24.8 Å². The summed E-state index contributed by atoms with van der Waals surface area (Å²) in [7, 11) is 0. The summed E-state index contributed by atoms with van der Waals surface area (Å²) in [4.78, 5) is 10.3. The Kier molecular flexibility index (Phi) is 3.99. The summed E-state index contributed by atoms with van der Waals surface area (Å²) >= 11 is 0. The minimum Gasteiger partial charge on any atom is -0.504 e. The molecule has 0 aliphatic rings. The zero-order chi connectivity index (χ0) is 11.3. The van der Waals surface area contributed by atoms with Crippen LogP contribution in [0.5, 0.6) is 11.5 Å². The third-order valence-electron chi connectivity index (χ3n) is 1.53. The smallest absolute Gasteiger partial charge is 0.348 e. The molecule has 1 N–H and O–H groups in total. The van der Waals surface area contributed by atoms with Crippen LogP contribution in [0.2, 0.25) is 0 Å². The van der Waals surface area contributed by atoms with E-state index in [1.165, 1.54) is 12.1 Å². The number of alkyl halides is 2. The first kappa shape index (κ1) is 11.4. The number of phenols is 1.